The lowest BCUT2D eigenvalue weighted by Gasteiger charge is -2.39. The summed E-state index contributed by atoms with van der Waals surface area (Å²) in [6.07, 6.45) is 8.46. The molecule has 0 unspecified atom stereocenters. The van der Waals surface area contributed by atoms with Crippen LogP contribution in [-0.4, -0.2) is 12.1 Å². The number of cyclic esters (lactones) is 1. The maximum Gasteiger partial charge on any atom is 0.309 e. The monoisotopic (exact) mass is 234 g/mol. The van der Waals surface area contributed by atoms with E-state index < -0.39 is 0 Å². The van der Waals surface area contributed by atoms with E-state index in [0.717, 1.165) is 6.42 Å². The molecular weight excluding hydrogens is 212 g/mol. The fourth-order valence-electron chi connectivity index (χ4n) is 4.13. The zero-order valence-electron chi connectivity index (χ0n) is 10.8. The van der Waals surface area contributed by atoms with Crippen molar-refractivity contribution >= 4 is 5.97 Å². The third-order valence-electron chi connectivity index (χ3n) is 5.16. The van der Waals surface area contributed by atoms with Gasteiger partial charge in [-0.1, -0.05) is 19.9 Å². The molecule has 94 valence electrons. The lowest BCUT2D eigenvalue weighted by molar-refractivity contribution is -0.167. The van der Waals surface area contributed by atoms with Crippen LogP contribution in [0.5, 0.6) is 0 Å². The van der Waals surface area contributed by atoms with Gasteiger partial charge in [-0.05, 0) is 49.5 Å². The van der Waals surface area contributed by atoms with Crippen molar-refractivity contribution in [3.05, 3.63) is 11.6 Å². The molecule has 2 fully saturated rings. The summed E-state index contributed by atoms with van der Waals surface area (Å²) in [5.41, 5.74) is 1.41. The normalized spacial score (nSPS) is 45.4. The Labute approximate surface area is 103 Å². The molecule has 2 heteroatoms. The maximum absolute atomic E-state index is 12.0. The van der Waals surface area contributed by atoms with Crippen molar-refractivity contribution in [2.75, 3.05) is 0 Å². The second kappa shape index (κ2) is 4.15. The molecule has 1 aliphatic heterocycles. The number of hydrogen-bond donors (Lipinski definition) is 0. The number of hydrogen-bond acceptors (Lipinski definition) is 2. The van der Waals surface area contributed by atoms with E-state index in [1.165, 1.54) is 31.3 Å². The zero-order valence-corrected chi connectivity index (χ0v) is 10.8. The van der Waals surface area contributed by atoms with Crippen LogP contribution < -0.4 is 0 Å². The molecule has 0 radical (unpaired) electrons. The van der Waals surface area contributed by atoms with E-state index in [9.17, 15) is 4.79 Å². The van der Waals surface area contributed by atoms with Crippen molar-refractivity contribution in [3.63, 3.8) is 0 Å². The van der Waals surface area contributed by atoms with E-state index in [0.29, 0.717) is 17.8 Å². The molecule has 17 heavy (non-hydrogen) atoms. The smallest absolute Gasteiger partial charge is 0.309 e. The van der Waals surface area contributed by atoms with E-state index in [1.54, 1.807) is 0 Å². The van der Waals surface area contributed by atoms with Gasteiger partial charge in [0.1, 0.15) is 6.10 Å². The number of esters is 1. The molecule has 0 N–H and O–H groups in total. The molecule has 0 aromatic carbocycles. The van der Waals surface area contributed by atoms with Crippen LogP contribution in [0.1, 0.15) is 46.0 Å². The van der Waals surface area contributed by atoms with E-state index >= 15 is 0 Å². The zero-order chi connectivity index (χ0) is 12.0. The third-order valence-corrected chi connectivity index (χ3v) is 5.16. The minimum absolute atomic E-state index is 0.0400. The highest BCUT2D eigenvalue weighted by molar-refractivity contribution is 5.74. The first-order valence-electron chi connectivity index (χ1n) is 7.08. The molecule has 0 bridgehead atoms. The van der Waals surface area contributed by atoms with Crippen LogP contribution in [-0.2, 0) is 9.53 Å². The van der Waals surface area contributed by atoms with Crippen LogP contribution in [0.4, 0.5) is 0 Å². The summed E-state index contributed by atoms with van der Waals surface area (Å²) in [6, 6.07) is 0. The molecule has 2 aliphatic carbocycles. The Bertz CT molecular complexity index is 358. The summed E-state index contributed by atoms with van der Waals surface area (Å²) >= 11 is 0. The molecular formula is C15H22O2. The predicted octanol–water partition coefficient (Wildman–Crippen LogP) is 3.32. The molecule has 2 nitrogen and oxygen atoms in total. The summed E-state index contributed by atoms with van der Waals surface area (Å²) in [4.78, 5) is 12.0. The molecule has 0 aromatic rings. The van der Waals surface area contributed by atoms with Gasteiger partial charge in [-0.25, -0.2) is 0 Å². The van der Waals surface area contributed by atoms with Gasteiger partial charge in [0, 0.05) is 5.92 Å². The lowest BCUT2D eigenvalue weighted by atomic mass is 9.74. The van der Waals surface area contributed by atoms with Gasteiger partial charge < -0.3 is 4.74 Å². The SMILES string of the molecule is C[C@@H]1CC[C@@H]2[C@H]1[C@H](C1=CCCC1)OC(=O)[C@@H]2C. The molecule has 5 atom stereocenters. The molecule has 0 spiro atoms. The minimum Gasteiger partial charge on any atom is -0.457 e. The maximum atomic E-state index is 12.0. The fraction of sp³-hybridized carbons (Fsp3) is 0.800. The van der Waals surface area contributed by atoms with Gasteiger partial charge in [-0.3, -0.25) is 4.79 Å². The van der Waals surface area contributed by atoms with Crippen LogP contribution in [0.3, 0.4) is 0 Å². The Kier molecular flexibility index (Phi) is 2.76. The Morgan fingerprint density at radius 2 is 2.12 bits per heavy atom. The molecule has 1 saturated heterocycles. The van der Waals surface area contributed by atoms with Gasteiger partial charge in [0.25, 0.3) is 0 Å². The third kappa shape index (κ3) is 1.73. The van der Waals surface area contributed by atoms with Crippen molar-refractivity contribution in [1.29, 1.82) is 0 Å². The average Bonchev–Trinajstić information content (AvgIpc) is 2.93. The fourth-order valence-corrected chi connectivity index (χ4v) is 4.13. The van der Waals surface area contributed by atoms with Gasteiger partial charge in [0.15, 0.2) is 0 Å². The summed E-state index contributed by atoms with van der Waals surface area (Å²) in [5.74, 6) is 2.02. The quantitative estimate of drug-likeness (QED) is 0.514. The van der Waals surface area contributed by atoms with Gasteiger partial charge in [-0.2, -0.15) is 0 Å². The van der Waals surface area contributed by atoms with E-state index in [2.05, 4.69) is 19.9 Å². The number of allylic oxidation sites excluding steroid dienone is 1. The van der Waals surface area contributed by atoms with Crippen LogP contribution >= 0.6 is 0 Å². The highest BCUT2D eigenvalue weighted by atomic mass is 16.5. The Hall–Kier alpha value is -0.790. The molecule has 3 aliphatic rings. The molecule has 1 heterocycles. The van der Waals surface area contributed by atoms with Gasteiger partial charge in [0.2, 0.25) is 0 Å². The molecule has 3 rings (SSSR count). The van der Waals surface area contributed by atoms with Gasteiger partial charge in [-0.15, -0.1) is 0 Å². The summed E-state index contributed by atoms with van der Waals surface area (Å²) in [5, 5.41) is 0. The van der Waals surface area contributed by atoms with Crippen molar-refractivity contribution in [2.24, 2.45) is 23.7 Å². The number of ether oxygens (including phenoxy) is 1. The van der Waals surface area contributed by atoms with E-state index in [1.807, 2.05) is 0 Å². The van der Waals surface area contributed by atoms with E-state index in [-0.39, 0.29) is 18.0 Å². The van der Waals surface area contributed by atoms with Crippen molar-refractivity contribution in [3.8, 4) is 0 Å². The first-order chi connectivity index (χ1) is 8.18. The average molecular weight is 234 g/mol. The first kappa shape index (κ1) is 11.3. The Balaban J connectivity index is 1.89. The summed E-state index contributed by atoms with van der Waals surface area (Å²) in [6.45, 7) is 4.39. The standard InChI is InChI=1S/C15H22O2/c1-9-7-8-12-10(2)15(16)17-14(13(9)12)11-5-3-4-6-11/h5,9-10,12-14H,3-4,6-8H2,1-2H3/t9-,10-,12+,13+,14+/m1/s1. The summed E-state index contributed by atoms with van der Waals surface area (Å²) in [7, 11) is 0. The highest BCUT2D eigenvalue weighted by Gasteiger charge is 2.50. The Morgan fingerprint density at radius 1 is 1.29 bits per heavy atom. The number of rotatable bonds is 1. The largest absolute Gasteiger partial charge is 0.457 e. The van der Waals surface area contributed by atoms with Crippen molar-refractivity contribution < 1.29 is 9.53 Å². The minimum atomic E-state index is 0.0400. The van der Waals surface area contributed by atoms with Crippen molar-refractivity contribution in [2.45, 2.75) is 52.1 Å². The molecule has 1 saturated carbocycles. The molecule has 0 aromatic heterocycles. The predicted molar refractivity (Wildman–Crippen MR) is 66.4 cm³/mol. The Morgan fingerprint density at radius 3 is 2.82 bits per heavy atom. The lowest BCUT2D eigenvalue weighted by Crippen LogP contribution is -2.44. The molecule has 0 amide bonds. The van der Waals surface area contributed by atoms with Gasteiger partial charge >= 0.3 is 5.97 Å². The van der Waals surface area contributed by atoms with Crippen LogP contribution in [0, 0.1) is 23.7 Å². The topological polar surface area (TPSA) is 26.3 Å². The first-order valence-corrected chi connectivity index (χ1v) is 7.08. The van der Waals surface area contributed by atoms with Gasteiger partial charge in [0.05, 0.1) is 5.92 Å². The van der Waals surface area contributed by atoms with Crippen LogP contribution in [0.25, 0.3) is 0 Å². The van der Waals surface area contributed by atoms with Crippen LogP contribution in [0.15, 0.2) is 11.6 Å². The second-order valence-electron chi connectivity index (χ2n) is 6.11. The number of carbonyl (C=O) groups excluding carboxylic acids is 1. The van der Waals surface area contributed by atoms with Crippen LogP contribution in [0.2, 0.25) is 0 Å². The number of fused-ring (bicyclic) bond motifs is 1. The summed E-state index contributed by atoms with van der Waals surface area (Å²) < 4.78 is 5.76. The number of carbonyl (C=O) groups is 1. The second-order valence-corrected chi connectivity index (χ2v) is 6.11. The highest BCUT2D eigenvalue weighted by Crippen LogP contribution is 2.49. The van der Waals surface area contributed by atoms with E-state index in [4.69, 9.17) is 4.74 Å². The van der Waals surface area contributed by atoms with Crippen molar-refractivity contribution in [1.82, 2.24) is 0 Å².